The fourth-order valence-corrected chi connectivity index (χ4v) is 0.270. The molecule has 0 saturated carbocycles. The van der Waals surface area contributed by atoms with Crippen molar-refractivity contribution in [1.29, 1.82) is 0 Å². The van der Waals surface area contributed by atoms with Crippen molar-refractivity contribution >= 4 is 17.6 Å². The second kappa shape index (κ2) is 3.27. The standard InChI is InChI=1S/C5H5ClO2/c1-2-4(6)3-5(7)8/h2-3H,1H2,(H,7,8)/b4-3-. The Morgan fingerprint density at radius 3 is 2.38 bits per heavy atom. The predicted octanol–water partition coefficient (Wildman–Crippen LogP) is 1.38. The van der Waals surface area contributed by atoms with Gasteiger partial charge in [0.2, 0.25) is 0 Å². The quantitative estimate of drug-likeness (QED) is 0.455. The van der Waals surface area contributed by atoms with E-state index in [-0.39, 0.29) is 5.03 Å². The fourth-order valence-electron chi connectivity index (χ4n) is 0.177. The number of rotatable bonds is 2. The molecule has 0 unspecified atom stereocenters. The van der Waals surface area contributed by atoms with Crippen LogP contribution in [0, 0.1) is 0 Å². The second-order valence-corrected chi connectivity index (χ2v) is 1.51. The van der Waals surface area contributed by atoms with E-state index in [1.165, 1.54) is 6.08 Å². The van der Waals surface area contributed by atoms with Gasteiger partial charge in [0.05, 0.1) is 0 Å². The van der Waals surface area contributed by atoms with Crippen molar-refractivity contribution < 1.29 is 9.90 Å². The van der Waals surface area contributed by atoms with Gasteiger partial charge in [0, 0.05) is 11.1 Å². The van der Waals surface area contributed by atoms with Crippen LogP contribution in [-0.2, 0) is 4.79 Å². The minimum Gasteiger partial charge on any atom is -0.478 e. The Hall–Kier alpha value is -0.760. The van der Waals surface area contributed by atoms with Crippen LogP contribution in [0.1, 0.15) is 0 Å². The number of allylic oxidation sites excluding steroid dienone is 2. The lowest BCUT2D eigenvalue weighted by molar-refractivity contribution is -0.131. The third-order valence-corrected chi connectivity index (χ3v) is 0.720. The summed E-state index contributed by atoms with van der Waals surface area (Å²) in [4.78, 5) is 9.76. The summed E-state index contributed by atoms with van der Waals surface area (Å²) in [7, 11) is 0. The maximum Gasteiger partial charge on any atom is 0.329 e. The second-order valence-electron chi connectivity index (χ2n) is 1.07. The summed E-state index contributed by atoms with van der Waals surface area (Å²) in [5.74, 6) is -1.06. The molecule has 0 aliphatic carbocycles. The molecule has 2 nitrogen and oxygen atoms in total. The first-order valence-corrected chi connectivity index (χ1v) is 2.27. The molecule has 0 aromatic carbocycles. The molecule has 3 heteroatoms. The highest BCUT2D eigenvalue weighted by molar-refractivity contribution is 6.32. The molecule has 1 N–H and O–H groups in total. The van der Waals surface area contributed by atoms with E-state index in [1.807, 2.05) is 0 Å². The lowest BCUT2D eigenvalue weighted by Gasteiger charge is -1.79. The molecule has 0 bridgehead atoms. The SMILES string of the molecule is C=C/C(Cl)=C/C(=O)O. The van der Waals surface area contributed by atoms with Crippen LogP contribution >= 0.6 is 11.6 Å². The van der Waals surface area contributed by atoms with Crippen LogP contribution in [0.5, 0.6) is 0 Å². The van der Waals surface area contributed by atoms with Gasteiger partial charge in [-0.1, -0.05) is 24.3 Å². The molecule has 0 amide bonds. The Bertz CT molecular complexity index is 137. The molecule has 0 aliphatic rings. The Morgan fingerprint density at radius 1 is 1.75 bits per heavy atom. The first-order chi connectivity index (χ1) is 3.66. The van der Waals surface area contributed by atoms with Crippen molar-refractivity contribution in [3.8, 4) is 0 Å². The lowest BCUT2D eigenvalue weighted by Crippen LogP contribution is -1.86. The van der Waals surface area contributed by atoms with Gasteiger partial charge in [0.15, 0.2) is 0 Å². The third kappa shape index (κ3) is 3.43. The van der Waals surface area contributed by atoms with Crippen LogP contribution in [0.3, 0.4) is 0 Å². The average molecular weight is 133 g/mol. The number of carboxylic acids is 1. The van der Waals surface area contributed by atoms with Gasteiger partial charge in [-0.15, -0.1) is 0 Å². The molecule has 44 valence electrons. The molecule has 0 saturated heterocycles. The van der Waals surface area contributed by atoms with Crippen LogP contribution in [-0.4, -0.2) is 11.1 Å². The third-order valence-electron chi connectivity index (χ3n) is 0.456. The summed E-state index contributed by atoms with van der Waals surface area (Å²) < 4.78 is 0. The average Bonchev–Trinajstić information content (AvgIpc) is 1.65. The summed E-state index contributed by atoms with van der Waals surface area (Å²) in [5, 5.41) is 8.14. The van der Waals surface area contributed by atoms with Crippen LogP contribution in [0.25, 0.3) is 0 Å². The van der Waals surface area contributed by atoms with Gasteiger partial charge < -0.3 is 5.11 Å². The molecule has 0 rings (SSSR count). The minimum absolute atomic E-state index is 0.137. The van der Waals surface area contributed by atoms with Crippen molar-refractivity contribution in [3.63, 3.8) is 0 Å². The Morgan fingerprint density at radius 2 is 2.25 bits per heavy atom. The number of hydrogen-bond acceptors (Lipinski definition) is 1. The van der Waals surface area contributed by atoms with E-state index in [0.717, 1.165) is 6.08 Å². The number of carboxylic acid groups (broad SMARTS) is 1. The summed E-state index contributed by atoms with van der Waals surface area (Å²) in [6.07, 6.45) is 2.13. The van der Waals surface area contributed by atoms with E-state index in [9.17, 15) is 4.79 Å². The van der Waals surface area contributed by atoms with Crippen LogP contribution in [0.15, 0.2) is 23.8 Å². The fraction of sp³-hybridized carbons (Fsp3) is 0. The first kappa shape index (κ1) is 7.24. The normalized spacial score (nSPS) is 10.9. The smallest absolute Gasteiger partial charge is 0.329 e. The van der Waals surface area contributed by atoms with Crippen molar-refractivity contribution in [2.24, 2.45) is 0 Å². The largest absolute Gasteiger partial charge is 0.478 e. The predicted molar refractivity (Wildman–Crippen MR) is 31.8 cm³/mol. The molecule has 0 radical (unpaired) electrons. The first-order valence-electron chi connectivity index (χ1n) is 1.89. The minimum atomic E-state index is -1.06. The highest BCUT2D eigenvalue weighted by Crippen LogP contribution is 1.99. The van der Waals surface area contributed by atoms with Crippen molar-refractivity contribution in [2.45, 2.75) is 0 Å². The van der Waals surface area contributed by atoms with E-state index >= 15 is 0 Å². The van der Waals surface area contributed by atoms with Crippen molar-refractivity contribution in [2.75, 3.05) is 0 Å². The zero-order valence-corrected chi connectivity index (χ0v) is 4.85. The summed E-state index contributed by atoms with van der Waals surface area (Å²) >= 11 is 5.22. The van der Waals surface area contributed by atoms with Crippen LogP contribution in [0.2, 0.25) is 0 Å². The van der Waals surface area contributed by atoms with Crippen LogP contribution in [0.4, 0.5) is 0 Å². The van der Waals surface area contributed by atoms with Gasteiger partial charge in [-0.05, 0) is 0 Å². The molecule has 0 aromatic rings. The van der Waals surface area contributed by atoms with Gasteiger partial charge in [0.25, 0.3) is 0 Å². The highest BCUT2D eigenvalue weighted by atomic mass is 35.5. The van der Waals surface area contributed by atoms with Gasteiger partial charge in [-0.2, -0.15) is 0 Å². The Kier molecular flexibility index (Phi) is 2.96. The molecule has 0 spiro atoms. The molecule has 0 fully saturated rings. The van der Waals surface area contributed by atoms with Crippen molar-refractivity contribution in [1.82, 2.24) is 0 Å². The van der Waals surface area contributed by atoms with Gasteiger partial charge in [-0.3, -0.25) is 0 Å². The summed E-state index contributed by atoms with van der Waals surface area (Å²) in [6, 6.07) is 0. The maximum atomic E-state index is 9.76. The van der Waals surface area contributed by atoms with E-state index in [4.69, 9.17) is 16.7 Å². The lowest BCUT2D eigenvalue weighted by atomic mass is 10.5. The molecule has 0 atom stereocenters. The monoisotopic (exact) mass is 132 g/mol. The molecular formula is C5H5ClO2. The maximum absolute atomic E-state index is 9.76. The molecule has 8 heavy (non-hydrogen) atoms. The van der Waals surface area contributed by atoms with E-state index in [0.29, 0.717) is 0 Å². The Labute approximate surface area is 52.1 Å². The summed E-state index contributed by atoms with van der Waals surface area (Å²) in [6.45, 7) is 3.25. The van der Waals surface area contributed by atoms with E-state index in [2.05, 4.69) is 6.58 Å². The highest BCUT2D eigenvalue weighted by Gasteiger charge is 1.88. The number of hydrogen-bond donors (Lipinski definition) is 1. The van der Waals surface area contributed by atoms with Gasteiger partial charge in [0.1, 0.15) is 0 Å². The number of aliphatic carboxylic acids is 1. The molecule has 0 heterocycles. The van der Waals surface area contributed by atoms with E-state index < -0.39 is 5.97 Å². The summed E-state index contributed by atoms with van der Waals surface area (Å²) in [5.41, 5.74) is 0. The van der Waals surface area contributed by atoms with Crippen molar-refractivity contribution in [3.05, 3.63) is 23.8 Å². The topological polar surface area (TPSA) is 37.3 Å². The Balaban J connectivity index is 3.94. The van der Waals surface area contributed by atoms with Gasteiger partial charge >= 0.3 is 5.97 Å². The number of halogens is 1. The molecular weight excluding hydrogens is 128 g/mol. The molecule has 0 aromatic heterocycles. The van der Waals surface area contributed by atoms with Gasteiger partial charge in [-0.25, -0.2) is 4.79 Å². The molecule has 0 aliphatic heterocycles. The van der Waals surface area contributed by atoms with E-state index in [1.54, 1.807) is 0 Å². The number of carbonyl (C=O) groups is 1. The zero-order chi connectivity index (χ0) is 6.57. The zero-order valence-electron chi connectivity index (χ0n) is 4.10. The van der Waals surface area contributed by atoms with Crippen LogP contribution < -0.4 is 0 Å².